The van der Waals surface area contributed by atoms with Gasteiger partial charge in [0.25, 0.3) is 0 Å². The van der Waals surface area contributed by atoms with Gasteiger partial charge in [-0.3, -0.25) is 0 Å². The fraction of sp³-hybridized carbons (Fsp3) is 0.750. The fourth-order valence-electron chi connectivity index (χ4n) is 2.03. The first kappa shape index (κ1) is 25.1. The van der Waals surface area contributed by atoms with Crippen LogP contribution in [0.3, 0.4) is 0 Å². The molecule has 0 unspecified atom stereocenters. The predicted octanol–water partition coefficient (Wildman–Crippen LogP) is 0.811. The van der Waals surface area contributed by atoms with Crippen molar-refractivity contribution in [3.05, 3.63) is 22.5 Å². The summed E-state index contributed by atoms with van der Waals surface area (Å²) in [5.74, 6) is 1.54. The van der Waals surface area contributed by atoms with E-state index in [-0.39, 0.29) is 31.5 Å². The molecule has 135 valence electrons. The first-order valence-corrected chi connectivity index (χ1v) is 8.26. The molecule has 0 fully saturated rings. The van der Waals surface area contributed by atoms with E-state index in [1.165, 1.54) is 6.20 Å². The molecule has 1 aromatic heterocycles. The minimum Gasteiger partial charge on any atom is -2.00 e. The van der Waals surface area contributed by atoms with Crippen LogP contribution < -0.4 is 5.32 Å². The van der Waals surface area contributed by atoms with Gasteiger partial charge in [0.1, 0.15) is 12.4 Å². The quantitative estimate of drug-likeness (QED) is 0.190. The van der Waals surface area contributed by atoms with Crippen molar-refractivity contribution in [2.24, 2.45) is 0 Å². The molecule has 0 saturated heterocycles. The van der Waals surface area contributed by atoms with Crippen LogP contribution in [0.15, 0.2) is 12.4 Å². The van der Waals surface area contributed by atoms with E-state index in [1.807, 2.05) is 0 Å². The largest absolute Gasteiger partial charge is 2.00 e. The van der Waals surface area contributed by atoms with Crippen LogP contribution in [0, 0.1) is 10.1 Å². The molecular weight excluding hydrogens is 425 g/mol. The van der Waals surface area contributed by atoms with Crippen LogP contribution in [0.25, 0.3) is 0 Å². The van der Waals surface area contributed by atoms with Gasteiger partial charge < -0.3 is 25.8 Å². The molecule has 11 heteroatoms. The molecule has 0 aliphatic rings. The van der Waals surface area contributed by atoms with Gasteiger partial charge in [-0.15, -0.1) is 0 Å². The van der Waals surface area contributed by atoms with Crippen molar-refractivity contribution in [1.29, 1.82) is 0 Å². The van der Waals surface area contributed by atoms with E-state index in [9.17, 15) is 10.1 Å². The average Bonchev–Trinajstić information content (AvgIpc) is 2.92. The van der Waals surface area contributed by atoms with Crippen LogP contribution in [-0.4, -0.2) is 63.6 Å². The van der Waals surface area contributed by atoms with E-state index in [0.717, 1.165) is 50.7 Å². The molecule has 0 aliphatic heterocycles. The zero-order valence-corrected chi connectivity index (χ0v) is 16.5. The molecule has 0 spiro atoms. The monoisotopic (exact) mass is 448 g/mol. The summed E-state index contributed by atoms with van der Waals surface area (Å²) in [6, 6.07) is 0. The second kappa shape index (κ2) is 15.4. The van der Waals surface area contributed by atoms with E-state index < -0.39 is 4.92 Å². The SMILES string of the molecule is O=[N+]([O-])c1nccn1CCCN(CCS)CCNCCS.[99Tc].[O-2]. The Balaban J connectivity index is 0. The molecule has 1 rings (SSSR count). The molecule has 8 nitrogen and oxygen atoms in total. The van der Waals surface area contributed by atoms with E-state index >= 15 is 0 Å². The summed E-state index contributed by atoms with van der Waals surface area (Å²) in [5.41, 5.74) is 0. The van der Waals surface area contributed by atoms with E-state index in [0.29, 0.717) is 6.54 Å². The number of thiol groups is 2. The second-order valence-electron chi connectivity index (χ2n) is 4.57. The third-order valence-corrected chi connectivity index (χ3v) is 3.46. The number of aromatic nitrogens is 2. The maximum Gasteiger partial charge on any atom is 0.434 e. The van der Waals surface area contributed by atoms with Crippen molar-refractivity contribution in [1.82, 2.24) is 19.8 Å². The van der Waals surface area contributed by atoms with Crippen LogP contribution in [0.5, 0.6) is 0 Å². The van der Waals surface area contributed by atoms with E-state index in [2.05, 4.69) is 40.5 Å². The van der Waals surface area contributed by atoms with E-state index in [4.69, 9.17) is 0 Å². The smallest absolute Gasteiger partial charge is 0.434 e. The Kier molecular flexibility index (Phi) is 16.8. The van der Waals surface area contributed by atoms with Crippen LogP contribution in [-0.2, 0) is 32.1 Å². The normalized spacial score (nSPS) is 10.2. The third kappa shape index (κ3) is 10.3. The van der Waals surface area contributed by atoms with Crippen LogP contribution in [0.2, 0.25) is 0 Å². The molecule has 0 bridgehead atoms. The number of hydrogen-bond acceptors (Lipinski definition) is 7. The molecule has 1 aromatic rings. The molecule has 0 atom stereocenters. The molecule has 23 heavy (non-hydrogen) atoms. The summed E-state index contributed by atoms with van der Waals surface area (Å²) in [7, 11) is 0. The maximum absolute atomic E-state index is 10.8. The number of nitrogens with one attached hydrogen (secondary N) is 1. The maximum atomic E-state index is 10.8. The molecule has 1 N–H and O–H groups in total. The molecule has 0 amide bonds. The van der Waals surface area contributed by atoms with Gasteiger partial charge in [-0.2, -0.15) is 25.3 Å². The number of rotatable bonds is 12. The van der Waals surface area contributed by atoms with Gasteiger partial charge in [0.2, 0.25) is 0 Å². The topological polar surface area (TPSA) is 105 Å². The van der Waals surface area contributed by atoms with E-state index in [1.54, 1.807) is 10.8 Å². The van der Waals surface area contributed by atoms with Crippen molar-refractivity contribution in [2.45, 2.75) is 13.0 Å². The van der Waals surface area contributed by atoms with Crippen molar-refractivity contribution in [2.75, 3.05) is 44.2 Å². The van der Waals surface area contributed by atoms with Gasteiger partial charge in [-0.25, -0.2) is 4.57 Å². The van der Waals surface area contributed by atoms with Gasteiger partial charge in [0, 0.05) is 64.3 Å². The summed E-state index contributed by atoms with van der Waals surface area (Å²) in [4.78, 5) is 16.4. The molecule has 0 aliphatic carbocycles. The number of hydrogen-bond donors (Lipinski definition) is 3. The second-order valence-corrected chi connectivity index (χ2v) is 5.46. The van der Waals surface area contributed by atoms with Crippen molar-refractivity contribution in [3.8, 4) is 0 Å². The Labute approximate surface area is 161 Å². The van der Waals surface area contributed by atoms with Crippen molar-refractivity contribution >= 4 is 31.2 Å². The average molecular weight is 448 g/mol. The molecule has 1 heterocycles. The summed E-state index contributed by atoms with van der Waals surface area (Å²) in [5, 5.41) is 14.1. The zero-order chi connectivity index (χ0) is 15.5. The van der Waals surface area contributed by atoms with Gasteiger partial charge in [-0.1, -0.05) is 4.98 Å². The molecule has 0 aromatic carbocycles. The Hall–Kier alpha value is -0.161. The molecule has 1 radical (unpaired) electrons. The van der Waals surface area contributed by atoms with Gasteiger partial charge in [0.15, 0.2) is 0 Å². The summed E-state index contributed by atoms with van der Waals surface area (Å²) in [6.45, 7) is 5.17. The Morgan fingerprint density at radius 2 is 2.00 bits per heavy atom. The Morgan fingerprint density at radius 3 is 2.61 bits per heavy atom. The minimum absolute atomic E-state index is 0. The predicted molar refractivity (Wildman–Crippen MR) is 91.2 cm³/mol. The van der Waals surface area contributed by atoms with Crippen molar-refractivity contribution in [3.63, 3.8) is 0 Å². The third-order valence-electron chi connectivity index (χ3n) is 3.04. The summed E-state index contributed by atoms with van der Waals surface area (Å²) >= 11 is 8.42. The first-order valence-electron chi connectivity index (χ1n) is 6.99. The first-order chi connectivity index (χ1) is 10.2. The minimum atomic E-state index is -0.452. The Bertz CT molecular complexity index is 425. The molecule has 0 saturated carbocycles. The van der Waals surface area contributed by atoms with Crippen molar-refractivity contribution < 1.29 is 30.5 Å². The zero-order valence-electron chi connectivity index (χ0n) is 12.8. The fourth-order valence-corrected chi connectivity index (χ4v) is 2.47. The van der Waals surface area contributed by atoms with Crippen LogP contribution in [0.1, 0.15) is 6.42 Å². The van der Waals surface area contributed by atoms with Gasteiger partial charge in [0.05, 0.1) is 6.54 Å². The summed E-state index contributed by atoms with van der Waals surface area (Å²) in [6.07, 6.45) is 3.96. The standard InChI is InChI=1S/C12H23N5O2S2.O.Tc/c18-17(19)12-14-3-8-16(12)6-1-5-15(9-11-21)7-2-13-4-10-20;;/h3,8,13,20-21H,1-2,4-7,9-11H2;;/q;-2;/i;;1+1. The number of nitrogens with zero attached hydrogens (tertiary/aromatic N) is 4. The van der Waals surface area contributed by atoms with Crippen LogP contribution >= 0.6 is 25.3 Å². The Morgan fingerprint density at radius 1 is 1.26 bits per heavy atom. The van der Waals surface area contributed by atoms with Crippen LogP contribution in [0.4, 0.5) is 5.95 Å². The van der Waals surface area contributed by atoms with Gasteiger partial charge in [-0.05, 0) is 11.3 Å². The summed E-state index contributed by atoms with van der Waals surface area (Å²) < 4.78 is 1.58. The molecular formula is C12H23N5O3S2Tc-2. The number of imidazole rings is 1. The number of aryl methyl sites for hydroxylation is 1. The number of nitro groups is 1. The van der Waals surface area contributed by atoms with Gasteiger partial charge >= 0.3 is 5.95 Å².